The van der Waals surface area contributed by atoms with Crippen molar-refractivity contribution in [2.24, 2.45) is 0 Å². The molecule has 0 radical (unpaired) electrons. The lowest BCUT2D eigenvalue weighted by molar-refractivity contribution is 0.209. The smallest absolute Gasteiger partial charge is 0.410 e. The van der Waals surface area contributed by atoms with Gasteiger partial charge in [0.05, 0.1) is 0 Å². The van der Waals surface area contributed by atoms with Crippen LogP contribution < -0.4 is 9.64 Å². The number of hydrogen-bond donors (Lipinski definition) is 0. The van der Waals surface area contributed by atoms with E-state index >= 15 is 0 Å². The molecule has 2 aromatic carbocycles. The number of benzene rings is 2. The van der Waals surface area contributed by atoms with Gasteiger partial charge >= 0.3 is 6.09 Å². The Bertz CT molecular complexity index is 861. The number of carbonyl (C=O) groups is 1. The minimum absolute atomic E-state index is 0.409. The largest absolute Gasteiger partial charge is 0.419 e. The number of nitrogens with zero attached hydrogens (tertiary/aromatic N) is 2. The van der Waals surface area contributed by atoms with Crippen LogP contribution in [0.25, 0.3) is 0 Å². The van der Waals surface area contributed by atoms with Crippen LogP contribution in [-0.2, 0) is 12.8 Å². The third-order valence-electron chi connectivity index (χ3n) is 4.31. The van der Waals surface area contributed by atoms with Gasteiger partial charge in [0, 0.05) is 24.6 Å². The van der Waals surface area contributed by atoms with E-state index in [0.717, 1.165) is 24.2 Å². The maximum Gasteiger partial charge on any atom is 0.419 e. The Labute approximate surface area is 154 Å². The number of carbonyl (C=O) groups excluding carboxylic acids is 1. The van der Waals surface area contributed by atoms with Crippen molar-refractivity contribution in [3.05, 3.63) is 89.7 Å². The van der Waals surface area contributed by atoms with Gasteiger partial charge < -0.3 is 4.74 Å². The highest BCUT2D eigenvalue weighted by Gasteiger charge is 2.13. The van der Waals surface area contributed by atoms with Crippen molar-refractivity contribution in [1.82, 2.24) is 4.98 Å². The molecule has 0 saturated carbocycles. The summed E-state index contributed by atoms with van der Waals surface area (Å²) in [7, 11) is 1.70. The van der Waals surface area contributed by atoms with E-state index < -0.39 is 6.09 Å². The number of para-hydroxylation sites is 1. The fraction of sp³-hybridized carbons (Fsp3) is 0.182. The summed E-state index contributed by atoms with van der Waals surface area (Å²) in [6, 6.07) is 21.1. The third-order valence-corrected chi connectivity index (χ3v) is 4.31. The zero-order valence-electron chi connectivity index (χ0n) is 15.1. The first-order valence-corrected chi connectivity index (χ1v) is 8.63. The first-order chi connectivity index (χ1) is 12.6. The van der Waals surface area contributed by atoms with Gasteiger partial charge in [-0.1, -0.05) is 36.4 Å². The summed E-state index contributed by atoms with van der Waals surface area (Å²) in [6.07, 6.45) is 3.21. The molecular weight excluding hydrogens is 324 g/mol. The monoisotopic (exact) mass is 346 g/mol. The van der Waals surface area contributed by atoms with Crippen molar-refractivity contribution in [3.63, 3.8) is 0 Å². The van der Waals surface area contributed by atoms with Crippen molar-refractivity contribution >= 4 is 11.8 Å². The van der Waals surface area contributed by atoms with Gasteiger partial charge in [0.15, 0.2) is 0 Å². The van der Waals surface area contributed by atoms with Crippen molar-refractivity contribution in [2.45, 2.75) is 19.8 Å². The summed E-state index contributed by atoms with van der Waals surface area (Å²) in [5.74, 6) is 0.538. The van der Waals surface area contributed by atoms with E-state index in [0.29, 0.717) is 5.75 Å². The molecular formula is C22H22N2O2. The van der Waals surface area contributed by atoms with E-state index in [1.807, 2.05) is 66.9 Å². The molecule has 0 aliphatic carbocycles. The zero-order chi connectivity index (χ0) is 18.4. The second-order valence-corrected chi connectivity index (χ2v) is 6.17. The van der Waals surface area contributed by atoms with E-state index in [-0.39, 0.29) is 0 Å². The number of ether oxygens (including phenoxy) is 1. The van der Waals surface area contributed by atoms with Gasteiger partial charge in [-0.2, -0.15) is 0 Å². The van der Waals surface area contributed by atoms with Crippen LogP contribution in [0.4, 0.5) is 10.5 Å². The molecule has 0 saturated heterocycles. The predicted molar refractivity (Wildman–Crippen MR) is 104 cm³/mol. The lowest BCUT2D eigenvalue weighted by Gasteiger charge is -2.16. The zero-order valence-corrected chi connectivity index (χ0v) is 15.1. The van der Waals surface area contributed by atoms with Crippen LogP contribution in [0.2, 0.25) is 0 Å². The number of amides is 1. The molecule has 3 aromatic rings. The molecule has 1 amide bonds. The molecule has 0 N–H and O–H groups in total. The normalized spacial score (nSPS) is 10.4. The second-order valence-electron chi connectivity index (χ2n) is 6.17. The number of anilines is 1. The highest BCUT2D eigenvalue weighted by atomic mass is 16.6. The average molecular weight is 346 g/mol. The van der Waals surface area contributed by atoms with E-state index in [2.05, 4.69) is 18.0 Å². The summed E-state index contributed by atoms with van der Waals surface area (Å²) in [6.45, 7) is 2.08. The molecule has 0 aliphatic heterocycles. The Morgan fingerprint density at radius 2 is 1.69 bits per heavy atom. The van der Waals surface area contributed by atoms with Gasteiger partial charge in [0.2, 0.25) is 0 Å². The first kappa shape index (κ1) is 17.7. The molecule has 132 valence electrons. The lowest BCUT2D eigenvalue weighted by Crippen LogP contribution is -2.29. The van der Waals surface area contributed by atoms with E-state index in [1.165, 1.54) is 16.0 Å². The van der Waals surface area contributed by atoms with Crippen LogP contribution in [0.5, 0.6) is 5.75 Å². The molecule has 4 nitrogen and oxygen atoms in total. The number of rotatable bonds is 5. The summed E-state index contributed by atoms with van der Waals surface area (Å²) in [5.41, 5.74) is 4.31. The van der Waals surface area contributed by atoms with Crippen LogP contribution >= 0.6 is 0 Å². The Kier molecular flexibility index (Phi) is 5.64. The third kappa shape index (κ3) is 4.48. The topological polar surface area (TPSA) is 42.4 Å². The van der Waals surface area contributed by atoms with Gasteiger partial charge in [-0.15, -0.1) is 0 Å². The second kappa shape index (κ2) is 8.30. The van der Waals surface area contributed by atoms with Crippen molar-refractivity contribution in [2.75, 3.05) is 11.9 Å². The molecule has 0 spiro atoms. The maximum atomic E-state index is 12.2. The van der Waals surface area contributed by atoms with E-state index in [4.69, 9.17) is 4.74 Å². The molecule has 0 bridgehead atoms. The summed E-state index contributed by atoms with van der Waals surface area (Å²) in [5, 5.41) is 0. The first-order valence-electron chi connectivity index (χ1n) is 8.63. The highest BCUT2D eigenvalue weighted by molar-refractivity contribution is 5.88. The van der Waals surface area contributed by atoms with Gasteiger partial charge in [-0.3, -0.25) is 9.88 Å². The van der Waals surface area contributed by atoms with Crippen LogP contribution in [0.3, 0.4) is 0 Å². The maximum absolute atomic E-state index is 12.2. The molecule has 0 fully saturated rings. The molecule has 1 aromatic heterocycles. The summed E-state index contributed by atoms with van der Waals surface area (Å²) < 4.78 is 5.44. The molecule has 4 heteroatoms. The van der Waals surface area contributed by atoms with Gasteiger partial charge in [0.1, 0.15) is 5.75 Å². The Hall–Kier alpha value is -3.14. The number of aromatic nitrogens is 1. The van der Waals surface area contributed by atoms with Crippen LogP contribution in [0.15, 0.2) is 72.9 Å². The molecule has 26 heavy (non-hydrogen) atoms. The predicted octanol–water partition coefficient (Wildman–Crippen LogP) is 4.81. The lowest BCUT2D eigenvalue weighted by atomic mass is 10.1. The fourth-order valence-electron chi connectivity index (χ4n) is 2.69. The van der Waals surface area contributed by atoms with Crippen LogP contribution in [0, 0.1) is 6.92 Å². The molecule has 0 aliphatic rings. The number of pyridine rings is 1. The van der Waals surface area contributed by atoms with Crippen LogP contribution in [-0.4, -0.2) is 18.1 Å². The van der Waals surface area contributed by atoms with Crippen molar-refractivity contribution in [1.29, 1.82) is 0 Å². The molecule has 0 unspecified atom stereocenters. The standard InChI is InChI=1S/C22H22N2O2/c1-17-7-6-16-23-21(17)15-12-18-10-13-20(14-11-18)26-22(25)24(2)19-8-4-3-5-9-19/h3-11,13-14,16H,12,15H2,1-2H3. The van der Waals surface area contributed by atoms with Gasteiger partial charge in [-0.05, 0) is 61.2 Å². The van der Waals surface area contributed by atoms with Gasteiger partial charge in [-0.25, -0.2) is 4.79 Å². The minimum Gasteiger partial charge on any atom is -0.410 e. The molecule has 3 rings (SSSR count). The van der Waals surface area contributed by atoms with Gasteiger partial charge in [0.25, 0.3) is 0 Å². The fourth-order valence-corrected chi connectivity index (χ4v) is 2.69. The quantitative estimate of drug-likeness (QED) is 0.666. The van der Waals surface area contributed by atoms with Crippen LogP contribution in [0.1, 0.15) is 16.8 Å². The minimum atomic E-state index is -0.409. The molecule has 1 heterocycles. The van der Waals surface area contributed by atoms with Crippen molar-refractivity contribution < 1.29 is 9.53 Å². The Morgan fingerprint density at radius 3 is 2.38 bits per heavy atom. The Balaban J connectivity index is 1.57. The summed E-state index contributed by atoms with van der Waals surface area (Å²) >= 11 is 0. The average Bonchev–Trinajstić information content (AvgIpc) is 2.68. The van der Waals surface area contributed by atoms with E-state index in [9.17, 15) is 4.79 Å². The Morgan fingerprint density at radius 1 is 0.962 bits per heavy atom. The number of hydrogen-bond acceptors (Lipinski definition) is 3. The number of aryl methyl sites for hydroxylation is 3. The van der Waals surface area contributed by atoms with E-state index in [1.54, 1.807) is 7.05 Å². The SMILES string of the molecule is Cc1cccnc1CCc1ccc(OC(=O)N(C)c2ccccc2)cc1. The molecule has 0 atom stereocenters. The van der Waals surface area contributed by atoms with Crippen molar-refractivity contribution in [3.8, 4) is 5.75 Å². The highest BCUT2D eigenvalue weighted by Crippen LogP contribution is 2.17. The summed E-state index contributed by atoms with van der Waals surface area (Å²) in [4.78, 5) is 18.1.